The molecule has 0 bridgehead atoms. The second kappa shape index (κ2) is 5.75. The Kier molecular flexibility index (Phi) is 4.06. The van der Waals surface area contributed by atoms with Crippen LogP contribution >= 0.6 is 11.6 Å². The number of para-hydroxylation sites is 1. The summed E-state index contributed by atoms with van der Waals surface area (Å²) in [4.78, 5) is 15.1. The van der Waals surface area contributed by atoms with Crippen LogP contribution in [0, 0.1) is 0 Å². The van der Waals surface area contributed by atoms with Crippen LogP contribution in [0.2, 0.25) is 5.15 Å². The number of imidazole rings is 1. The van der Waals surface area contributed by atoms with E-state index in [-0.39, 0.29) is 6.61 Å². The molecule has 0 unspecified atom stereocenters. The van der Waals surface area contributed by atoms with Gasteiger partial charge >= 0.3 is 0 Å². The van der Waals surface area contributed by atoms with Crippen molar-refractivity contribution in [3.63, 3.8) is 0 Å². The number of aromatic nitrogens is 2. The van der Waals surface area contributed by atoms with E-state index in [1.165, 1.54) is 7.11 Å². The summed E-state index contributed by atoms with van der Waals surface area (Å²) in [6, 6.07) is 5.12. The molecule has 100 valence electrons. The number of hydrogen-bond acceptors (Lipinski definition) is 4. The molecule has 1 heterocycles. The van der Waals surface area contributed by atoms with Gasteiger partial charge in [0.05, 0.1) is 18.9 Å². The molecule has 1 aromatic carbocycles. The lowest BCUT2D eigenvalue weighted by Gasteiger charge is -2.12. The molecule has 1 aromatic heterocycles. The van der Waals surface area contributed by atoms with Crippen LogP contribution < -0.4 is 9.47 Å². The Morgan fingerprint density at radius 1 is 1.47 bits per heavy atom. The first-order chi connectivity index (χ1) is 9.17. The number of carbonyl (C=O) groups is 1. The van der Waals surface area contributed by atoms with E-state index in [1.807, 2.05) is 0 Å². The summed E-state index contributed by atoms with van der Waals surface area (Å²) in [5, 5.41) is 0.522. The number of nitrogens with zero attached hydrogens (tertiary/aromatic N) is 2. The minimum Gasteiger partial charge on any atom is -0.493 e. The Balaban J connectivity index is 2.23. The van der Waals surface area contributed by atoms with Crippen LogP contribution in [0.3, 0.4) is 0 Å². The number of ether oxygens (including phenoxy) is 2. The number of hydrogen-bond donors (Lipinski definition) is 0. The van der Waals surface area contributed by atoms with Gasteiger partial charge in [0.2, 0.25) is 0 Å². The number of carbonyl (C=O) groups excluding carboxylic acids is 1. The molecule has 0 spiro atoms. The van der Waals surface area contributed by atoms with E-state index in [2.05, 4.69) is 4.98 Å². The molecule has 2 aromatic rings. The van der Waals surface area contributed by atoms with E-state index in [4.69, 9.17) is 21.1 Å². The van der Waals surface area contributed by atoms with E-state index in [9.17, 15) is 4.79 Å². The van der Waals surface area contributed by atoms with Crippen LogP contribution in [-0.2, 0) is 13.7 Å². The number of halogens is 1. The van der Waals surface area contributed by atoms with Crippen LogP contribution in [0.25, 0.3) is 0 Å². The van der Waals surface area contributed by atoms with Crippen molar-refractivity contribution in [3.05, 3.63) is 40.9 Å². The van der Waals surface area contributed by atoms with E-state index < -0.39 is 0 Å². The third-order valence-electron chi connectivity index (χ3n) is 2.73. The second-order valence-electron chi connectivity index (χ2n) is 3.84. The molecule has 0 aliphatic heterocycles. The van der Waals surface area contributed by atoms with Crippen molar-refractivity contribution < 1.29 is 14.3 Å². The van der Waals surface area contributed by atoms with Crippen LogP contribution in [0.5, 0.6) is 11.5 Å². The first-order valence-corrected chi connectivity index (χ1v) is 5.96. The Labute approximate surface area is 115 Å². The summed E-state index contributed by atoms with van der Waals surface area (Å²) in [7, 11) is 3.31. The Hall–Kier alpha value is -2.01. The Morgan fingerprint density at radius 3 is 2.84 bits per heavy atom. The van der Waals surface area contributed by atoms with Crippen molar-refractivity contribution in [2.45, 2.75) is 6.61 Å². The normalized spacial score (nSPS) is 10.3. The van der Waals surface area contributed by atoms with Crippen molar-refractivity contribution in [2.75, 3.05) is 7.11 Å². The quantitative estimate of drug-likeness (QED) is 0.790. The van der Waals surface area contributed by atoms with Crippen molar-refractivity contribution >= 4 is 17.9 Å². The molecule has 0 fully saturated rings. The molecule has 2 rings (SSSR count). The zero-order valence-electron chi connectivity index (χ0n) is 10.6. The van der Waals surface area contributed by atoms with Gasteiger partial charge in [0.25, 0.3) is 0 Å². The molecule has 0 radical (unpaired) electrons. The molecule has 0 saturated heterocycles. The molecule has 0 atom stereocenters. The first kappa shape index (κ1) is 13.4. The third-order valence-corrected chi connectivity index (χ3v) is 3.08. The number of rotatable bonds is 5. The van der Waals surface area contributed by atoms with Crippen molar-refractivity contribution in [2.24, 2.45) is 7.05 Å². The highest BCUT2D eigenvalue weighted by molar-refractivity contribution is 6.29. The predicted molar refractivity (Wildman–Crippen MR) is 70.9 cm³/mol. The summed E-state index contributed by atoms with van der Waals surface area (Å²) in [5.41, 5.74) is 0.430. The van der Waals surface area contributed by atoms with Crippen LogP contribution in [0.4, 0.5) is 0 Å². The van der Waals surface area contributed by atoms with Gasteiger partial charge in [0.1, 0.15) is 17.6 Å². The summed E-state index contributed by atoms with van der Waals surface area (Å²) < 4.78 is 12.5. The highest BCUT2D eigenvalue weighted by Crippen LogP contribution is 2.30. The van der Waals surface area contributed by atoms with E-state index in [0.29, 0.717) is 28.0 Å². The van der Waals surface area contributed by atoms with Gasteiger partial charge < -0.3 is 14.0 Å². The van der Waals surface area contributed by atoms with Crippen molar-refractivity contribution in [3.8, 4) is 11.5 Å². The molecule has 0 N–H and O–H groups in total. The first-order valence-electron chi connectivity index (χ1n) is 5.58. The van der Waals surface area contributed by atoms with Gasteiger partial charge in [-0.15, -0.1) is 0 Å². The number of benzene rings is 1. The molecular formula is C13H13ClN2O3. The fourth-order valence-electron chi connectivity index (χ4n) is 1.64. The van der Waals surface area contributed by atoms with Gasteiger partial charge in [-0.3, -0.25) is 4.79 Å². The molecule has 0 amide bonds. The van der Waals surface area contributed by atoms with E-state index in [1.54, 1.807) is 36.0 Å². The minimum atomic E-state index is 0.199. The maximum Gasteiger partial charge on any atom is 0.172 e. The molecule has 6 heteroatoms. The van der Waals surface area contributed by atoms with Gasteiger partial charge in [-0.1, -0.05) is 17.7 Å². The predicted octanol–water partition coefficient (Wildman–Crippen LogP) is 2.47. The second-order valence-corrected chi connectivity index (χ2v) is 4.23. The fraction of sp³-hybridized carbons (Fsp3) is 0.231. The average molecular weight is 281 g/mol. The van der Waals surface area contributed by atoms with Gasteiger partial charge in [-0.05, 0) is 12.1 Å². The lowest BCUT2D eigenvalue weighted by Crippen LogP contribution is -2.05. The zero-order chi connectivity index (χ0) is 13.8. The summed E-state index contributed by atoms with van der Waals surface area (Å²) in [5.74, 6) is 1.57. The topological polar surface area (TPSA) is 53.4 Å². The van der Waals surface area contributed by atoms with E-state index in [0.717, 1.165) is 6.29 Å². The van der Waals surface area contributed by atoms with Gasteiger partial charge in [-0.2, -0.15) is 0 Å². The van der Waals surface area contributed by atoms with Crippen LogP contribution in [0.1, 0.15) is 16.2 Å². The standard InChI is InChI=1S/C13H13ClN2O3/c1-16-11(14)6-15-12(16)8-19-13-9(7-17)4-3-5-10(13)18-2/h3-7H,8H2,1-2H3. The smallest absolute Gasteiger partial charge is 0.172 e. The van der Waals surface area contributed by atoms with E-state index >= 15 is 0 Å². The Morgan fingerprint density at radius 2 is 2.26 bits per heavy atom. The lowest BCUT2D eigenvalue weighted by atomic mass is 10.2. The Bertz CT molecular complexity index is 596. The summed E-state index contributed by atoms with van der Waals surface area (Å²) in [6.07, 6.45) is 2.27. The third kappa shape index (κ3) is 2.71. The largest absolute Gasteiger partial charge is 0.493 e. The molecule has 19 heavy (non-hydrogen) atoms. The molecule has 0 aliphatic rings. The average Bonchev–Trinajstić information content (AvgIpc) is 2.76. The zero-order valence-corrected chi connectivity index (χ0v) is 11.3. The maximum atomic E-state index is 11.0. The lowest BCUT2D eigenvalue weighted by molar-refractivity contribution is 0.111. The van der Waals surface area contributed by atoms with Crippen molar-refractivity contribution in [1.29, 1.82) is 0 Å². The number of aldehydes is 1. The SMILES string of the molecule is COc1cccc(C=O)c1OCc1ncc(Cl)n1C. The molecule has 5 nitrogen and oxygen atoms in total. The van der Waals surface area contributed by atoms with Gasteiger partial charge in [0, 0.05) is 7.05 Å². The summed E-state index contributed by atoms with van der Waals surface area (Å²) >= 11 is 5.89. The van der Waals surface area contributed by atoms with Crippen LogP contribution in [-0.4, -0.2) is 22.9 Å². The molecule has 0 aliphatic carbocycles. The van der Waals surface area contributed by atoms with Crippen LogP contribution in [0.15, 0.2) is 24.4 Å². The van der Waals surface area contributed by atoms with Gasteiger partial charge in [-0.25, -0.2) is 4.98 Å². The fourth-order valence-corrected chi connectivity index (χ4v) is 1.78. The number of methoxy groups -OCH3 is 1. The highest BCUT2D eigenvalue weighted by Gasteiger charge is 2.12. The summed E-state index contributed by atoms with van der Waals surface area (Å²) in [6.45, 7) is 0.199. The monoisotopic (exact) mass is 280 g/mol. The maximum absolute atomic E-state index is 11.0. The minimum absolute atomic E-state index is 0.199. The highest BCUT2D eigenvalue weighted by atomic mass is 35.5. The van der Waals surface area contributed by atoms with Gasteiger partial charge in [0.15, 0.2) is 17.8 Å². The van der Waals surface area contributed by atoms with Crippen molar-refractivity contribution in [1.82, 2.24) is 9.55 Å². The molecule has 0 saturated carbocycles. The molecular weight excluding hydrogens is 268 g/mol.